The van der Waals surface area contributed by atoms with E-state index in [4.69, 9.17) is 5.10 Å². The number of benzene rings is 1. The molecule has 2 aromatic rings. The van der Waals surface area contributed by atoms with Crippen molar-refractivity contribution in [1.82, 2.24) is 14.7 Å². The van der Waals surface area contributed by atoms with Gasteiger partial charge in [-0.1, -0.05) is 25.5 Å². The van der Waals surface area contributed by atoms with Gasteiger partial charge in [-0.05, 0) is 57.0 Å². The number of likely N-dealkylation sites (tertiary alicyclic amines) is 1. The molecule has 122 valence electrons. The van der Waals surface area contributed by atoms with Gasteiger partial charge in [0.25, 0.3) is 0 Å². The molecule has 1 fully saturated rings. The molecule has 2 aliphatic heterocycles. The fraction of sp³-hybridized carbons (Fsp3) is 0.526. The number of hydrogen-bond acceptors (Lipinski definition) is 3. The molecule has 0 spiro atoms. The van der Waals surface area contributed by atoms with Crippen LogP contribution in [0.15, 0.2) is 24.3 Å². The number of fused-ring (bicyclic) bond motifs is 1. The van der Waals surface area contributed by atoms with Gasteiger partial charge in [0.15, 0.2) is 0 Å². The van der Waals surface area contributed by atoms with E-state index in [0.29, 0.717) is 6.04 Å². The molecule has 1 atom stereocenters. The van der Waals surface area contributed by atoms with Crippen LogP contribution in [0.2, 0.25) is 0 Å². The largest absolute Gasteiger partial charge is 0.369 e. The second-order valence-electron chi connectivity index (χ2n) is 6.78. The predicted molar refractivity (Wildman–Crippen MR) is 94.3 cm³/mol. The fourth-order valence-electron chi connectivity index (χ4n) is 4.09. The lowest BCUT2D eigenvalue weighted by Gasteiger charge is -2.34. The van der Waals surface area contributed by atoms with E-state index in [1.54, 1.807) is 0 Å². The minimum Gasteiger partial charge on any atom is -0.369 e. The first-order valence-corrected chi connectivity index (χ1v) is 8.94. The third-order valence-electron chi connectivity index (χ3n) is 5.26. The Morgan fingerprint density at radius 1 is 1.30 bits per heavy atom. The van der Waals surface area contributed by atoms with Gasteiger partial charge in [-0.25, -0.2) is 4.68 Å². The topological polar surface area (TPSA) is 33.1 Å². The highest BCUT2D eigenvalue weighted by Crippen LogP contribution is 2.37. The average Bonchev–Trinajstić information content (AvgIpc) is 3.17. The zero-order valence-electron chi connectivity index (χ0n) is 14.2. The van der Waals surface area contributed by atoms with E-state index in [9.17, 15) is 0 Å². The minimum atomic E-state index is 0.494. The molecule has 0 saturated carbocycles. The first kappa shape index (κ1) is 14.8. The Kier molecular flexibility index (Phi) is 3.85. The van der Waals surface area contributed by atoms with E-state index in [0.717, 1.165) is 19.5 Å². The first-order chi connectivity index (χ1) is 11.3. The van der Waals surface area contributed by atoms with Gasteiger partial charge in [0.05, 0.1) is 17.4 Å². The molecule has 1 aromatic heterocycles. The molecule has 0 aliphatic carbocycles. The second-order valence-corrected chi connectivity index (χ2v) is 6.78. The van der Waals surface area contributed by atoms with Gasteiger partial charge < -0.3 is 5.32 Å². The molecule has 0 radical (unpaired) electrons. The number of piperidine rings is 1. The van der Waals surface area contributed by atoms with Crippen molar-refractivity contribution in [3.63, 3.8) is 0 Å². The molecule has 0 bridgehead atoms. The third-order valence-corrected chi connectivity index (χ3v) is 5.26. The fourth-order valence-corrected chi connectivity index (χ4v) is 4.09. The Labute approximate surface area is 138 Å². The normalized spacial score (nSPS) is 21.2. The Hall–Kier alpha value is -1.81. The van der Waals surface area contributed by atoms with Crippen molar-refractivity contribution in [3.8, 4) is 5.69 Å². The lowest BCUT2D eigenvalue weighted by atomic mass is 9.96. The summed E-state index contributed by atoms with van der Waals surface area (Å²) in [5.41, 5.74) is 5.20. The maximum atomic E-state index is 5.08. The summed E-state index contributed by atoms with van der Waals surface area (Å²) in [6.45, 7) is 7.77. The Morgan fingerprint density at radius 3 is 3.04 bits per heavy atom. The maximum absolute atomic E-state index is 5.08. The third kappa shape index (κ3) is 2.55. The van der Waals surface area contributed by atoms with Crippen LogP contribution >= 0.6 is 0 Å². The first-order valence-electron chi connectivity index (χ1n) is 8.94. The highest BCUT2D eigenvalue weighted by molar-refractivity contribution is 5.58. The van der Waals surface area contributed by atoms with Crippen LogP contribution in [0.5, 0.6) is 0 Å². The summed E-state index contributed by atoms with van der Waals surface area (Å²) in [7, 11) is 0. The standard InChI is InChI=1S/C19H26N4/c1-3-22-12-5-4-9-17(22)18-16-10-11-20-19(16)23(21-18)15-8-6-7-14(2)13-15/h6-8,13,17,20H,3-5,9-12H2,1-2H3. The lowest BCUT2D eigenvalue weighted by Crippen LogP contribution is -2.33. The minimum absolute atomic E-state index is 0.494. The van der Waals surface area contributed by atoms with Crippen LogP contribution in [0.25, 0.3) is 5.69 Å². The van der Waals surface area contributed by atoms with E-state index in [1.165, 1.54) is 54.1 Å². The molecule has 3 heterocycles. The monoisotopic (exact) mass is 310 g/mol. The molecule has 4 rings (SSSR count). The summed E-state index contributed by atoms with van der Waals surface area (Å²) in [5.74, 6) is 1.22. The van der Waals surface area contributed by atoms with Crippen LogP contribution < -0.4 is 5.32 Å². The number of anilines is 1. The molecule has 4 heteroatoms. The molecular weight excluding hydrogens is 284 g/mol. The van der Waals surface area contributed by atoms with Crippen molar-refractivity contribution in [2.24, 2.45) is 0 Å². The summed E-state index contributed by atoms with van der Waals surface area (Å²) in [6, 6.07) is 9.12. The van der Waals surface area contributed by atoms with Crippen molar-refractivity contribution in [1.29, 1.82) is 0 Å². The molecule has 0 amide bonds. The predicted octanol–water partition coefficient (Wildman–Crippen LogP) is 3.70. The maximum Gasteiger partial charge on any atom is 0.133 e. The Morgan fingerprint density at radius 2 is 2.22 bits per heavy atom. The van der Waals surface area contributed by atoms with Gasteiger partial charge in [-0.15, -0.1) is 0 Å². The number of nitrogens with zero attached hydrogens (tertiary/aromatic N) is 3. The smallest absolute Gasteiger partial charge is 0.133 e. The van der Waals surface area contributed by atoms with Crippen molar-refractivity contribution in [2.45, 2.75) is 45.6 Å². The summed E-state index contributed by atoms with van der Waals surface area (Å²) >= 11 is 0. The van der Waals surface area contributed by atoms with E-state index in [-0.39, 0.29) is 0 Å². The summed E-state index contributed by atoms with van der Waals surface area (Å²) < 4.78 is 2.13. The van der Waals surface area contributed by atoms with Crippen LogP contribution in [-0.2, 0) is 6.42 Å². The highest BCUT2D eigenvalue weighted by atomic mass is 15.4. The summed E-state index contributed by atoms with van der Waals surface area (Å²) in [6.07, 6.45) is 4.99. The molecule has 4 nitrogen and oxygen atoms in total. The molecule has 1 N–H and O–H groups in total. The molecular formula is C19H26N4. The van der Waals surface area contributed by atoms with Gasteiger partial charge in [0.2, 0.25) is 0 Å². The Balaban J connectivity index is 1.78. The summed E-state index contributed by atoms with van der Waals surface area (Å²) in [4.78, 5) is 2.60. The second kappa shape index (κ2) is 6.00. The number of hydrogen-bond donors (Lipinski definition) is 1. The number of aryl methyl sites for hydroxylation is 1. The van der Waals surface area contributed by atoms with Gasteiger partial charge >= 0.3 is 0 Å². The number of rotatable bonds is 3. The van der Waals surface area contributed by atoms with Crippen molar-refractivity contribution in [2.75, 3.05) is 25.0 Å². The van der Waals surface area contributed by atoms with E-state index < -0.39 is 0 Å². The molecule has 23 heavy (non-hydrogen) atoms. The van der Waals surface area contributed by atoms with Gasteiger partial charge in [-0.2, -0.15) is 5.10 Å². The molecule has 1 unspecified atom stereocenters. The van der Waals surface area contributed by atoms with Gasteiger partial charge in [0, 0.05) is 12.1 Å². The van der Waals surface area contributed by atoms with Crippen molar-refractivity contribution >= 4 is 5.82 Å². The van der Waals surface area contributed by atoms with Crippen molar-refractivity contribution < 1.29 is 0 Å². The molecule has 1 saturated heterocycles. The number of nitrogens with one attached hydrogen (secondary N) is 1. The highest BCUT2D eigenvalue weighted by Gasteiger charge is 2.31. The zero-order chi connectivity index (χ0) is 15.8. The van der Waals surface area contributed by atoms with Crippen LogP contribution in [0.1, 0.15) is 49.0 Å². The van der Waals surface area contributed by atoms with Crippen LogP contribution in [0.4, 0.5) is 5.82 Å². The quantitative estimate of drug-likeness (QED) is 0.938. The molecule has 1 aromatic carbocycles. The SMILES string of the molecule is CCN1CCCCC1c1nn(-c2cccc(C)c2)c2c1CCN2. The van der Waals surface area contributed by atoms with Crippen LogP contribution in [0, 0.1) is 6.92 Å². The van der Waals surface area contributed by atoms with Crippen LogP contribution in [0.3, 0.4) is 0 Å². The van der Waals surface area contributed by atoms with E-state index in [2.05, 4.69) is 53.0 Å². The molecule has 2 aliphatic rings. The van der Waals surface area contributed by atoms with Crippen LogP contribution in [-0.4, -0.2) is 34.3 Å². The lowest BCUT2D eigenvalue weighted by molar-refractivity contribution is 0.153. The van der Waals surface area contributed by atoms with E-state index in [1.807, 2.05) is 0 Å². The summed E-state index contributed by atoms with van der Waals surface area (Å²) in [5, 5.41) is 8.64. The zero-order valence-corrected chi connectivity index (χ0v) is 14.2. The number of aromatic nitrogens is 2. The van der Waals surface area contributed by atoms with E-state index >= 15 is 0 Å². The van der Waals surface area contributed by atoms with Gasteiger partial charge in [0.1, 0.15) is 5.82 Å². The van der Waals surface area contributed by atoms with Crippen molar-refractivity contribution in [3.05, 3.63) is 41.1 Å². The average molecular weight is 310 g/mol. The van der Waals surface area contributed by atoms with Gasteiger partial charge in [-0.3, -0.25) is 4.90 Å². The Bertz CT molecular complexity index is 703.